The van der Waals surface area contributed by atoms with Crippen molar-refractivity contribution in [3.05, 3.63) is 192 Å². The second-order valence-electron chi connectivity index (χ2n) is 22.5. The zero-order valence-electron chi connectivity index (χ0n) is 53.0. The largest absolute Gasteiger partial charge is 0.497 e. The van der Waals surface area contributed by atoms with Gasteiger partial charge >= 0.3 is 18.3 Å². The number of anilines is 8. The maximum atomic E-state index is 13.1. The Hall–Kier alpha value is -11.5. The summed E-state index contributed by atoms with van der Waals surface area (Å²) in [7, 11) is 3.25. The minimum atomic E-state index is -4.55. The zero-order chi connectivity index (χ0) is 69.0. The molecule has 2 fully saturated rings. The van der Waals surface area contributed by atoms with Gasteiger partial charge in [-0.2, -0.15) is 36.5 Å². The molecule has 0 unspecified atom stereocenters. The fourth-order valence-electron chi connectivity index (χ4n) is 10.9. The van der Waals surface area contributed by atoms with Gasteiger partial charge in [0.1, 0.15) is 23.1 Å². The average molecular weight is 1340 g/mol. The minimum Gasteiger partial charge on any atom is -0.497 e. The van der Waals surface area contributed by atoms with E-state index in [0.29, 0.717) is 86.4 Å². The Bertz CT molecular complexity index is 4400. The minimum absolute atomic E-state index is 0.00482. The van der Waals surface area contributed by atoms with E-state index < -0.39 is 35.4 Å². The molecule has 8 heterocycles. The summed E-state index contributed by atoms with van der Waals surface area (Å²) in [5.41, 5.74) is 10.1. The average Bonchev–Trinajstić information content (AvgIpc) is 1.64. The number of hydrogen-bond acceptors (Lipinski definition) is 17. The topological polar surface area (TPSA) is 287 Å². The van der Waals surface area contributed by atoms with Crippen molar-refractivity contribution in [1.82, 2.24) is 49.3 Å². The summed E-state index contributed by atoms with van der Waals surface area (Å²) in [6.07, 6.45) is -0.908. The molecule has 2 aliphatic rings. The second-order valence-corrected chi connectivity index (χ2v) is 22.5. The molecule has 12 rings (SSSR count). The molecule has 8 N–H and O–H groups in total. The number of carboxylic acid groups (broad SMARTS) is 1. The van der Waals surface area contributed by atoms with Gasteiger partial charge in [0.25, 0.3) is 5.91 Å². The van der Waals surface area contributed by atoms with E-state index in [-0.39, 0.29) is 46.7 Å². The number of amides is 3. The Morgan fingerprint density at radius 2 is 0.979 bits per heavy atom. The summed E-state index contributed by atoms with van der Waals surface area (Å²) in [4.78, 5) is 68.9. The number of halogens is 6. The van der Waals surface area contributed by atoms with E-state index in [4.69, 9.17) is 25.4 Å². The normalized spacial score (nSPS) is 14.4. The first-order valence-electron chi connectivity index (χ1n) is 30.7. The third-order valence-corrected chi connectivity index (χ3v) is 15.9. The van der Waals surface area contributed by atoms with E-state index in [2.05, 4.69) is 46.5 Å². The molecule has 0 spiro atoms. The molecule has 3 amide bonds. The van der Waals surface area contributed by atoms with Gasteiger partial charge in [0.05, 0.1) is 66.1 Å². The van der Waals surface area contributed by atoms with Crippen molar-refractivity contribution in [3.8, 4) is 11.5 Å². The number of ether oxygens (including phenoxy) is 2. The highest BCUT2D eigenvalue weighted by molar-refractivity contribution is 6.05. The number of alkyl halides is 6. The lowest BCUT2D eigenvalue weighted by Gasteiger charge is -2.16. The number of benzene rings is 4. The second kappa shape index (κ2) is 30.3. The number of nitrogens with zero attached hydrogens (tertiary/aromatic N) is 10. The van der Waals surface area contributed by atoms with E-state index in [1.165, 1.54) is 0 Å². The summed E-state index contributed by atoms with van der Waals surface area (Å²) in [5.74, 6) is 1.20. The molecule has 23 nitrogen and oxygen atoms in total. The summed E-state index contributed by atoms with van der Waals surface area (Å²) in [6, 6.07) is 35.7. The molecule has 0 aliphatic carbocycles. The summed E-state index contributed by atoms with van der Waals surface area (Å²) < 4.78 is 89.2. The number of aromatic nitrogens is 8. The number of aromatic carboxylic acids is 1. The van der Waals surface area contributed by atoms with Crippen LogP contribution in [0, 0.1) is 0 Å². The van der Waals surface area contributed by atoms with Crippen molar-refractivity contribution in [1.29, 1.82) is 0 Å². The molecule has 2 atom stereocenters. The smallest absolute Gasteiger partial charge is 0.416 e. The fourth-order valence-corrected chi connectivity index (χ4v) is 10.9. The van der Waals surface area contributed by atoms with Gasteiger partial charge in [0, 0.05) is 92.8 Å². The van der Waals surface area contributed by atoms with Crippen molar-refractivity contribution < 1.29 is 60.1 Å². The highest BCUT2D eigenvalue weighted by Crippen LogP contribution is 2.37. The standard InChI is InChI=1S/C34H33F3N8O3.C28H30N6O4.C6H5F3N2/c1-3-29(46)44-17-14-25(20-44)41-31-30-27(13-16-39-32(30)45(43-31)19-21-4-10-26(48-2)11-5-21)40-24-8-6-22(7-9-24)33(47)42-28-18-23(12-15-38-28)34(35,36)37;1-3-24(35)33-15-13-21(17-33)31-26-25-23(30-20-8-6-19(7-9-20)28(36)37)12-14-29-27(25)34(32-26)16-18-4-10-22(38-2)11-5-18;7-6(8,9)4-1-2-11-5(10)3-4/h4-13,15-16,18,25H,3,14,17,19-20H2,1-2H3,(H,39,40)(H,41,43)(H,38,42,47);4-12,14,21H,3,13,15-17H2,1-2H3,(H,29,30)(H,31,32)(H,36,37);1-3H,(H2,10,11)/t25-;21-;/m11./s1. The lowest BCUT2D eigenvalue weighted by atomic mass is 10.1. The van der Waals surface area contributed by atoms with Crippen LogP contribution in [0.3, 0.4) is 0 Å². The molecule has 0 radical (unpaired) electrons. The van der Waals surface area contributed by atoms with Gasteiger partial charge in [-0.05, 0) is 133 Å². The molecule has 504 valence electrons. The van der Waals surface area contributed by atoms with Gasteiger partial charge in [-0.25, -0.2) is 34.1 Å². The number of hydrogen-bond donors (Lipinski definition) is 7. The molecule has 2 aliphatic heterocycles. The molecule has 0 saturated carbocycles. The van der Waals surface area contributed by atoms with Crippen molar-refractivity contribution in [3.63, 3.8) is 0 Å². The summed E-state index contributed by atoms with van der Waals surface area (Å²) in [6.45, 7) is 7.28. The number of carbonyl (C=O) groups excluding carboxylic acids is 3. The van der Waals surface area contributed by atoms with Crippen LogP contribution >= 0.6 is 0 Å². The van der Waals surface area contributed by atoms with Crippen LogP contribution in [0.2, 0.25) is 0 Å². The van der Waals surface area contributed by atoms with Crippen LogP contribution < -0.4 is 41.8 Å². The number of fused-ring (bicyclic) bond motifs is 2. The van der Waals surface area contributed by atoms with Crippen molar-refractivity contribution in [2.45, 2.75) is 77.1 Å². The van der Waals surface area contributed by atoms with E-state index in [0.717, 1.165) is 94.3 Å². The Morgan fingerprint density at radius 1 is 0.557 bits per heavy atom. The fraction of sp³-hybridized carbons (Fsp3) is 0.265. The first-order valence-corrected chi connectivity index (χ1v) is 30.7. The Labute approximate surface area is 552 Å². The molecular weight excluding hydrogens is 1270 g/mol. The lowest BCUT2D eigenvalue weighted by molar-refractivity contribution is -0.138. The molecule has 97 heavy (non-hydrogen) atoms. The van der Waals surface area contributed by atoms with Gasteiger partial charge in [-0.3, -0.25) is 14.4 Å². The molecule has 29 heteroatoms. The number of nitrogen functional groups attached to an aromatic ring is 1. The van der Waals surface area contributed by atoms with Gasteiger partial charge in [-0.1, -0.05) is 38.1 Å². The number of likely N-dealkylation sites (tertiary alicyclic amines) is 2. The van der Waals surface area contributed by atoms with Gasteiger partial charge < -0.3 is 56.7 Å². The number of pyridine rings is 4. The molecular formula is C68H68F6N16O7. The van der Waals surface area contributed by atoms with Crippen LogP contribution in [0.1, 0.15) is 82.5 Å². The van der Waals surface area contributed by atoms with Gasteiger partial charge in [0.15, 0.2) is 22.9 Å². The van der Waals surface area contributed by atoms with Gasteiger partial charge in [0.2, 0.25) is 11.8 Å². The number of methoxy groups -OCH3 is 2. The highest BCUT2D eigenvalue weighted by atomic mass is 19.4. The SMILES string of the molecule is CCC(=O)N1CC[C@@H](Nc2nn(Cc3ccc(OC)cc3)c3nccc(Nc4ccc(C(=O)Nc5cc(C(F)(F)F)ccn5)cc4)c23)C1.CCC(=O)N1CC[C@@H](Nc2nn(Cc3ccc(OC)cc3)c3nccc(Nc4ccc(C(=O)O)cc4)c23)C1.Nc1cc(C(F)(F)F)ccn1. The maximum Gasteiger partial charge on any atom is 0.416 e. The summed E-state index contributed by atoms with van der Waals surface area (Å²) in [5, 5.41) is 37.0. The number of carboxylic acids is 1. The number of nitrogens with one attached hydrogen (secondary N) is 5. The predicted molar refractivity (Wildman–Crippen MR) is 354 cm³/mol. The van der Waals surface area contributed by atoms with Crippen LogP contribution in [-0.2, 0) is 35.0 Å². The van der Waals surface area contributed by atoms with Crippen LogP contribution in [0.4, 0.5) is 72.4 Å². The van der Waals surface area contributed by atoms with E-state index >= 15 is 0 Å². The van der Waals surface area contributed by atoms with E-state index in [9.17, 15) is 50.6 Å². The predicted octanol–water partition coefficient (Wildman–Crippen LogP) is 12.4. The molecule has 0 bridgehead atoms. The molecule has 2 saturated heterocycles. The Morgan fingerprint density at radius 3 is 1.38 bits per heavy atom. The Balaban J connectivity index is 0.000000185. The van der Waals surface area contributed by atoms with Crippen LogP contribution in [0.15, 0.2) is 158 Å². The molecule has 10 aromatic rings. The van der Waals surface area contributed by atoms with E-state index in [1.807, 2.05) is 93.7 Å². The van der Waals surface area contributed by atoms with Gasteiger partial charge in [-0.15, -0.1) is 0 Å². The lowest BCUT2D eigenvalue weighted by Crippen LogP contribution is -2.31. The first-order chi connectivity index (χ1) is 46.5. The van der Waals surface area contributed by atoms with E-state index in [1.54, 1.807) is 75.1 Å². The van der Waals surface area contributed by atoms with Crippen molar-refractivity contribution >= 4 is 91.8 Å². The quantitative estimate of drug-likeness (QED) is 0.0370. The summed E-state index contributed by atoms with van der Waals surface area (Å²) >= 11 is 0. The van der Waals surface area contributed by atoms with Crippen molar-refractivity contribution in [2.24, 2.45) is 0 Å². The first kappa shape index (κ1) is 68.3. The number of carbonyl (C=O) groups is 4. The highest BCUT2D eigenvalue weighted by Gasteiger charge is 2.33. The molecule has 6 aromatic heterocycles. The third-order valence-electron chi connectivity index (χ3n) is 15.9. The third kappa shape index (κ3) is 17.3. The Kier molecular flexibility index (Phi) is 21.3. The van der Waals surface area contributed by atoms with Crippen molar-refractivity contribution in [2.75, 3.05) is 72.7 Å². The number of rotatable bonds is 19. The zero-order valence-corrected chi connectivity index (χ0v) is 53.0. The van der Waals surface area contributed by atoms with Crippen LogP contribution in [0.5, 0.6) is 11.5 Å². The monoisotopic (exact) mass is 1330 g/mol. The maximum absolute atomic E-state index is 13.1. The molecule has 4 aromatic carbocycles. The van der Waals surface area contributed by atoms with Crippen LogP contribution in [0.25, 0.3) is 22.1 Å². The van der Waals surface area contributed by atoms with Crippen LogP contribution in [-0.4, -0.2) is 131 Å². The number of nitrogens with two attached hydrogens (primary N) is 1.